The van der Waals surface area contributed by atoms with Gasteiger partial charge in [-0.05, 0) is 61.6 Å². The summed E-state index contributed by atoms with van der Waals surface area (Å²) in [6, 6.07) is 18.5. The van der Waals surface area contributed by atoms with Crippen LogP contribution in [0.15, 0.2) is 54.6 Å². The Balaban J connectivity index is 1.03. The molecule has 3 aromatic rings. The standard InChI is InChI=1S/C31H32N4O4/c36-29-10-5-11-30(37)35(29)34-19-21-16-23(13-14-24(21)31(34)38)39-28-9-4-3-8-27(28)33-17-22(18-33)26-15-12-20-6-1-2-7-25(20)32-26/h1-2,6-7,12-16,22,27-28H,3-5,8-11,17-19H2/t27-,28-/m1/s1. The minimum absolute atomic E-state index is 0.0840. The molecular formula is C31H32N4O4. The highest BCUT2D eigenvalue weighted by Gasteiger charge is 2.41. The van der Waals surface area contributed by atoms with Gasteiger partial charge in [0.25, 0.3) is 5.91 Å². The van der Waals surface area contributed by atoms with E-state index in [4.69, 9.17) is 9.72 Å². The number of fused-ring (bicyclic) bond motifs is 2. The highest BCUT2D eigenvalue weighted by Crippen LogP contribution is 2.36. The van der Waals surface area contributed by atoms with Gasteiger partial charge < -0.3 is 4.74 Å². The van der Waals surface area contributed by atoms with Crippen molar-refractivity contribution < 1.29 is 19.1 Å². The molecule has 4 aliphatic rings. The molecule has 200 valence electrons. The second kappa shape index (κ2) is 9.75. The summed E-state index contributed by atoms with van der Waals surface area (Å²) in [7, 11) is 0. The Morgan fingerprint density at radius 1 is 0.846 bits per heavy atom. The Morgan fingerprint density at radius 3 is 2.49 bits per heavy atom. The van der Waals surface area contributed by atoms with Crippen LogP contribution in [0.1, 0.15) is 72.5 Å². The first kappa shape index (κ1) is 24.3. The number of amides is 3. The molecule has 2 atom stereocenters. The molecule has 4 heterocycles. The number of carbonyl (C=O) groups excluding carboxylic acids is 3. The molecule has 0 N–H and O–H groups in total. The van der Waals surface area contributed by atoms with Crippen molar-refractivity contribution in [3.63, 3.8) is 0 Å². The zero-order chi connectivity index (χ0) is 26.5. The number of aromatic nitrogens is 1. The fourth-order valence-electron chi connectivity index (χ4n) is 6.61. The smallest absolute Gasteiger partial charge is 0.273 e. The molecule has 0 unspecified atom stereocenters. The summed E-state index contributed by atoms with van der Waals surface area (Å²) in [5, 5.41) is 3.52. The van der Waals surface area contributed by atoms with Crippen LogP contribution < -0.4 is 4.74 Å². The number of imide groups is 1. The predicted octanol–water partition coefficient (Wildman–Crippen LogP) is 4.43. The number of ether oxygens (including phenoxy) is 1. The van der Waals surface area contributed by atoms with Crippen LogP contribution in [-0.2, 0) is 16.1 Å². The van der Waals surface area contributed by atoms with Gasteiger partial charge in [-0.15, -0.1) is 0 Å². The highest BCUT2D eigenvalue weighted by molar-refractivity contribution is 6.04. The largest absolute Gasteiger partial charge is 0.489 e. The number of para-hydroxylation sites is 1. The first-order valence-electron chi connectivity index (χ1n) is 14.1. The van der Waals surface area contributed by atoms with E-state index in [0.29, 0.717) is 23.9 Å². The summed E-state index contributed by atoms with van der Waals surface area (Å²) < 4.78 is 6.57. The zero-order valence-electron chi connectivity index (χ0n) is 21.9. The maximum absolute atomic E-state index is 13.0. The summed E-state index contributed by atoms with van der Waals surface area (Å²) in [4.78, 5) is 45.3. The lowest BCUT2D eigenvalue weighted by atomic mass is 9.85. The Morgan fingerprint density at radius 2 is 1.64 bits per heavy atom. The second-order valence-corrected chi connectivity index (χ2v) is 11.2. The number of hydrazine groups is 1. The number of rotatable bonds is 5. The van der Waals surface area contributed by atoms with E-state index in [9.17, 15) is 14.4 Å². The van der Waals surface area contributed by atoms with E-state index in [0.717, 1.165) is 59.9 Å². The van der Waals surface area contributed by atoms with Crippen LogP contribution in [0.3, 0.4) is 0 Å². The zero-order valence-corrected chi connectivity index (χ0v) is 21.9. The third kappa shape index (κ3) is 4.36. The molecular weight excluding hydrogens is 492 g/mol. The molecule has 8 nitrogen and oxygen atoms in total. The molecule has 0 radical (unpaired) electrons. The van der Waals surface area contributed by atoms with Crippen LogP contribution >= 0.6 is 0 Å². The molecule has 39 heavy (non-hydrogen) atoms. The van der Waals surface area contributed by atoms with E-state index in [-0.39, 0.29) is 43.2 Å². The average Bonchev–Trinajstić information content (AvgIpc) is 3.23. The fraction of sp³-hybridized carbons (Fsp3) is 0.419. The van der Waals surface area contributed by atoms with E-state index in [1.54, 1.807) is 6.07 Å². The Labute approximate surface area is 227 Å². The quantitative estimate of drug-likeness (QED) is 0.459. The third-order valence-corrected chi connectivity index (χ3v) is 8.73. The van der Waals surface area contributed by atoms with Gasteiger partial charge in [0.2, 0.25) is 11.8 Å². The molecule has 7 rings (SSSR count). The van der Waals surface area contributed by atoms with Crippen LogP contribution in [-0.4, -0.2) is 62.9 Å². The molecule has 1 saturated carbocycles. The number of likely N-dealkylation sites (tertiary alicyclic amines) is 1. The SMILES string of the molecule is O=C1c2ccc(O[C@@H]3CCCC[C@H]3N3CC(c4ccc5ccccc5n4)C3)cc2CN1N1C(=O)CCCC1=O. The van der Waals surface area contributed by atoms with Crippen molar-refractivity contribution >= 4 is 28.6 Å². The van der Waals surface area contributed by atoms with Crippen LogP contribution in [0.25, 0.3) is 10.9 Å². The topological polar surface area (TPSA) is 83.1 Å². The number of nitrogens with zero attached hydrogens (tertiary/aromatic N) is 4. The van der Waals surface area contributed by atoms with Gasteiger partial charge in [0.1, 0.15) is 11.9 Å². The molecule has 8 heteroatoms. The van der Waals surface area contributed by atoms with Crippen molar-refractivity contribution in [3.05, 3.63) is 71.4 Å². The minimum Gasteiger partial charge on any atom is -0.489 e. The van der Waals surface area contributed by atoms with Crippen LogP contribution in [0, 0.1) is 0 Å². The number of carbonyl (C=O) groups is 3. The van der Waals surface area contributed by atoms with Crippen molar-refractivity contribution in [1.82, 2.24) is 19.9 Å². The minimum atomic E-state index is -0.305. The molecule has 3 amide bonds. The number of piperidine rings is 1. The first-order chi connectivity index (χ1) is 19.0. The highest BCUT2D eigenvalue weighted by atomic mass is 16.5. The number of hydrogen-bond acceptors (Lipinski definition) is 6. The molecule has 0 bridgehead atoms. The maximum atomic E-state index is 13.0. The van der Waals surface area contributed by atoms with Gasteiger partial charge in [-0.25, -0.2) is 5.01 Å². The van der Waals surface area contributed by atoms with Crippen molar-refractivity contribution in [3.8, 4) is 5.75 Å². The molecule has 1 aromatic heterocycles. The van der Waals surface area contributed by atoms with Gasteiger partial charge in [-0.3, -0.25) is 24.3 Å². The molecule has 1 aliphatic carbocycles. The lowest BCUT2D eigenvalue weighted by Gasteiger charge is -2.48. The van der Waals surface area contributed by atoms with Crippen molar-refractivity contribution in [2.24, 2.45) is 0 Å². The average molecular weight is 525 g/mol. The summed E-state index contributed by atoms with van der Waals surface area (Å²) in [5.41, 5.74) is 3.54. The lowest BCUT2D eigenvalue weighted by Crippen LogP contribution is -2.57. The summed E-state index contributed by atoms with van der Waals surface area (Å²) in [5.74, 6) is 0.269. The van der Waals surface area contributed by atoms with E-state index < -0.39 is 0 Å². The van der Waals surface area contributed by atoms with Gasteiger partial charge >= 0.3 is 0 Å². The van der Waals surface area contributed by atoms with E-state index >= 15 is 0 Å². The van der Waals surface area contributed by atoms with Crippen molar-refractivity contribution in [1.29, 1.82) is 0 Å². The fourth-order valence-corrected chi connectivity index (χ4v) is 6.61. The summed E-state index contributed by atoms with van der Waals surface area (Å²) >= 11 is 0. The first-order valence-corrected chi connectivity index (χ1v) is 14.1. The van der Waals surface area contributed by atoms with Crippen molar-refractivity contribution in [2.45, 2.75) is 69.6 Å². The van der Waals surface area contributed by atoms with E-state index in [1.807, 2.05) is 24.3 Å². The van der Waals surface area contributed by atoms with Crippen molar-refractivity contribution in [2.75, 3.05) is 13.1 Å². The van der Waals surface area contributed by atoms with E-state index in [1.165, 1.54) is 16.8 Å². The molecule has 3 aliphatic heterocycles. The van der Waals surface area contributed by atoms with Gasteiger partial charge in [0, 0.05) is 54.5 Å². The number of benzene rings is 2. The lowest BCUT2D eigenvalue weighted by molar-refractivity contribution is -0.163. The number of pyridine rings is 1. The molecule has 2 saturated heterocycles. The normalized spacial score (nSPS) is 24.3. The van der Waals surface area contributed by atoms with Gasteiger partial charge in [0.15, 0.2) is 0 Å². The van der Waals surface area contributed by atoms with Crippen LogP contribution in [0.2, 0.25) is 0 Å². The van der Waals surface area contributed by atoms with E-state index in [2.05, 4.69) is 29.2 Å². The second-order valence-electron chi connectivity index (χ2n) is 11.2. The third-order valence-electron chi connectivity index (χ3n) is 8.73. The molecule has 2 aromatic carbocycles. The summed E-state index contributed by atoms with van der Waals surface area (Å²) in [6.07, 6.45) is 5.65. The van der Waals surface area contributed by atoms with Crippen LogP contribution in [0.4, 0.5) is 0 Å². The van der Waals surface area contributed by atoms with Crippen LogP contribution in [0.5, 0.6) is 5.75 Å². The monoisotopic (exact) mass is 524 g/mol. The molecule has 0 spiro atoms. The molecule has 3 fully saturated rings. The number of hydrogen-bond donors (Lipinski definition) is 0. The summed E-state index contributed by atoms with van der Waals surface area (Å²) in [6.45, 7) is 2.19. The Hall–Kier alpha value is -3.78. The predicted molar refractivity (Wildman–Crippen MR) is 145 cm³/mol. The van der Waals surface area contributed by atoms with Gasteiger partial charge in [-0.1, -0.05) is 30.7 Å². The maximum Gasteiger partial charge on any atom is 0.273 e. The van der Waals surface area contributed by atoms with Gasteiger partial charge in [-0.2, -0.15) is 5.01 Å². The Kier molecular flexibility index (Phi) is 6.07. The Bertz CT molecular complexity index is 1450. The van der Waals surface area contributed by atoms with Gasteiger partial charge in [0.05, 0.1) is 12.1 Å².